The van der Waals surface area contributed by atoms with E-state index in [0.29, 0.717) is 23.4 Å². The Labute approximate surface area is 300 Å². The number of fused-ring (bicyclic) bond motifs is 1. The van der Waals surface area contributed by atoms with E-state index in [0.717, 1.165) is 22.7 Å². The van der Waals surface area contributed by atoms with Gasteiger partial charge in [0.25, 0.3) is 11.8 Å². The minimum absolute atomic E-state index is 0.0485. The van der Waals surface area contributed by atoms with Gasteiger partial charge in [-0.15, -0.1) is 11.8 Å². The second-order valence-corrected chi connectivity index (χ2v) is 13.2. The number of thioether (sulfide) groups is 1. The van der Waals surface area contributed by atoms with Crippen LogP contribution in [0.25, 0.3) is 0 Å². The largest absolute Gasteiger partial charge is 0.481 e. The van der Waals surface area contributed by atoms with Crippen LogP contribution in [-0.4, -0.2) is 73.1 Å². The lowest BCUT2D eigenvalue weighted by molar-refractivity contribution is -0.687. The summed E-state index contributed by atoms with van der Waals surface area (Å²) in [5.41, 5.74) is 8.18. The number of hydrogen-bond acceptors (Lipinski definition) is 12. The molecule has 2 aromatic heterocycles. The Morgan fingerprint density at radius 3 is 2.45 bits per heavy atom. The van der Waals surface area contributed by atoms with E-state index in [1.54, 1.807) is 30.6 Å². The summed E-state index contributed by atoms with van der Waals surface area (Å²) in [6.07, 6.45) is 6.24. The zero-order valence-electron chi connectivity index (χ0n) is 27.1. The van der Waals surface area contributed by atoms with Crippen LogP contribution in [0.2, 0.25) is 0 Å². The molecule has 4 aromatic rings. The SMILES string of the molecule is CON=C(C(=O)NC1C(=O)N2C(C(=O)OC(c3ccccc3)c3ccccc3)=C(C=CC[n+]3cccc(CC(=O)O)c3)CS[C@H]12)c1nsc(N)n1. The number of esters is 1. The van der Waals surface area contributed by atoms with Crippen molar-refractivity contribution in [2.75, 3.05) is 18.6 Å². The number of nitrogens with two attached hydrogens (primary N) is 1. The van der Waals surface area contributed by atoms with E-state index in [-0.39, 0.29) is 28.8 Å². The highest BCUT2D eigenvalue weighted by atomic mass is 32.2. The minimum atomic E-state index is -1.000. The Morgan fingerprint density at radius 1 is 1.12 bits per heavy atom. The third-order valence-corrected chi connectivity index (χ3v) is 9.71. The van der Waals surface area contributed by atoms with Crippen molar-refractivity contribution in [3.63, 3.8) is 0 Å². The molecule has 1 saturated heterocycles. The van der Waals surface area contributed by atoms with Crippen molar-refractivity contribution >= 4 is 57.9 Å². The molecule has 260 valence electrons. The first-order valence-electron chi connectivity index (χ1n) is 15.6. The number of carboxylic acids is 1. The number of amides is 2. The number of carbonyl (C=O) groups excluding carboxylic acids is 3. The van der Waals surface area contributed by atoms with Gasteiger partial charge in [-0.3, -0.25) is 19.3 Å². The molecular formula is C35H32N7O7S2+. The minimum Gasteiger partial charge on any atom is -0.481 e. The first kappa shape index (κ1) is 35.0. The number of ether oxygens (including phenoxy) is 1. The Balaban J connectivity index is 1.29. The third-order valence-electron chi connectivity index (χ3n) is 7.87. The van der Waals surface area contributed by atoms with Crippen LogP contribution in [0.4, 0.5) is 5.13 Å². The number of carbonyl (C=O) groups is 4. The molecule has 1 fully saturated rings. The molecule has 0 aliphatic carbocycles. The summed E-state index contributed by atoms with van der Waals surface area (Å²) < 4.78 is 12.1. The average Bonchev–Trinajstić information content (AvgIpc) is 3.57. The van der Waals surface area contributed by atoms with Crippen molar-refractivity contribution in [2.45, 2.75) is 30.5 Å². The summed E-state index contributed by atoms with van der Waals surface area (Å²) in [6, 6.07) is 21.1. The number of hydrogen-bond donors (Lipinski definition) is 3. The van der Waals surface area contributed by atoms with Crippen LogP contribution >= 0.6 is 23.3 Å². The maximum absolute atomic E-state index is 14.3. The quantitative estimate of drug-likeness (QED) is 0.0604. The molecule has 2 aliphatic heterocycles. The predicted octanol–water partition coefficient (Wildman–Crippen LogP) is 2.63. The highest BCUT2D eigenvalue weighted by Crippen LogP contribution is 2.42. The second kappa shape index (κ2) is 15.8. The molecule has 6 rings (SSSR count). The van der Waals surface area contributed by atoms with E-state index in [2.05, 4.69) is 19.8 Å². The zero-order chi connectivity index (χ0) is 35.9. The van der Waals surface area contributed by atoms with Crippen LogP contribution in [0.3, 0.4) is 0 Å². The second-order valence-electron chi connectivity index (χ2n) is 11.3. The van der Waals surface area contributed by atoms with Crippen LogP contribution in [-0.2, 0) is 41.7 Å². The fraction of sp³-hybridized carbons (Fsp3) is 0.200. The number of anilines is 1. The Bertz CT molecular complexity index is 2000. The molecule has 2 amide bonds. The molecule has 0 bridgehead atoms. The van der Waals surface area contributed by atoms with Gasteiger partial charge < -0.3 is 25.7 Å². The fourth-order valence-corrected chi connectivity index (χ4v) is 7.36. The van der Waals surface area contributed by atoms with Crippen molar-refractivity contribution in [1.29, 1.82) is 0 Å². The van der Waals surface area contributed by atoms with Gasteiger partial charge in [-0.05, 0) is 28.8 Å². The normalized spacial score (nSPS) is 17.3. The van der Waals surface area contributed by atoms with Crippen molar-refractivity contribution in [1.82, 2.24) is 19.6 Å². The number of allylic oxidation sites excluding steroid dienone is 2. The van der Waals surface area contributed by atoms with Crippen LogP contribution < -0.4 is 15.6 Å². The first-order chi connectivity index (χ1) is 24.7. The number of oxime groups is 1. The van der Waals surface area contributed by atoms with Gasteiger partial charge in [0.05, 0.1) is 6.42 Å². The summed E-state index contributed by atoms with van der Waals surface area (Å²) in [5, 5.41) is 15.1. The van der Waals surface area contributed by atoms with Crippen molar-refractivity contribution in [3.05, 3.63) is 131 Å². The van der Waals surface area contributed by atoms with Crippen molar-refractivity contribution < 1.29 is 38.4 Å². The Hall–Kier alpha value is -5.87. The van der Waals surface area contributed by atoms with Crippen LogP contribution in [0.1, 0.15) is 28.6 Å². The number of nitrogen functional groups attached to an aromatic ring is 1. The van der Waals surface area contributed by atoms with E-state index < -0.39 is 41.3 Å². The highest BCUT2D eigenvalue weighted by molar-refractivity contribution is 8.00. The number of benzene rings is 2. The van der Waals surface area contributed by atoms with Gasteiger partial charge in [0.2, 0.25) is 11.5 Å². The maximum atomic E-state index is 14.3. The van der Waals surface area contributed by atoms with E-state index in [1.165, 1.54) is 23.8 Å². The molecule has 0 radical (unpaired) electrons. The summed E-state index contributed by atoms with van der Waals surface area (Å²) in [4.78, 5) is 62.8. The van der Waals surface area contributed by atoms with Gasteiger partial charge >= 0.3 is 11.9 Å². The summed E-state index contributed by atoms with van der Waals surface area (Å²) >= 11 is 2.25. The zero-order valence-corrected chi connectivity index (χ0v) is 28.8. The molecule has 16 heteroatoms. The third kappa shape index (κ3) is 7.97. The number of rotatable bonds is 13. The molecule has 51 heavy (non-hydrogen) atoms. The van der Waals surface area contributed by atoms with Crippen molar-refractivity contribution in [2.24, 2.45) is 5.16 Å². The predicted molar refractivity (Wildman–Crippen MR) is 188 cm³/mol. The first-order valence-corrected chi connectivity index (χ1v) is 17.4. The number of β-lactam (4-membered cyclic amide) rings is 1. The molecule has 0 spiro atoms. The monoisotopic (exact) mass is 726 g/mol. The molecule has 1 unspecified atom stereocenters. The topological polar surface area (TPSA) is 190 Å². The molecule has 2 aromatic carbocycles. The lowest BCUT2D eigenvalue weighted by Crippen LogP contribution is -2.71. The van der Waals surface area contributed by atoms with Crippen molar-refractivity contribution in [3.8, 4) is 0 Å². The average molecular weight is 727 g/mol. The van der Waals surface area contributed by atoms with E-state index in [1.807, 2.05) is 71.3 Å². The standard InChI is InChI=1S/C35H31N7O7S2/c1-48-39-26(30-38-35(36)51-40-30)31(45)37-27-32(46)42-28(34(47)49-29(22-11-4-2-5-12-22)23-13-6-3-7-14-23)24(20-50-33(27)42)15-9-17-41-16-8-10-21(19-41)18-25(43)44/h2-16,19,27,29,33H,17-18,20H2,1H3,(H3-,36,37,38,40,43,44,45)/p+1/t27?,33-/m1/s1. The molecule has 4 heterocycles. The Morgan fingerprint density at radius 2 is 1.82 bits per heavy atom. The smallest absolute Gasteiger partial charge is 0.356 e. The molecule has 14 nitrogen and oxygen atoms in total. The van der Waals surface area contributed by atoms with Crippen LogP contribution in [0.15, 0.2) is 114 Å². The summed E-state index contributed by atoms with van der Waals surface area (Å²) in [5.74, 6) is -2.65. The lowest BCUT2D eigenvalue weighted by atomic mass is 10.0. The number of carboxylic acid groups (broad SMARTS) is 1. The number of aliphatic carboxylic acids is 1. The number of pyridine rings is 1. The summed E-state index contributed by atoms with van der Waals surface area (Å²) in [7, 11) is 1.26. The molecule has 2 atom stereocenters. The Kier molecular flexibility index (Phi) is 10.8. The number of nitrogens with one attached hydrogen (secondary N) is 1. The van der Waals surface area contributed by atoms with E-state index in [9.17, 15) is 24.3 Å². The molecule has 2 aliphatic rings. The highest BCUT2D eigenvalue weighted by Gasteiger charge is 2.55. The number of aromatic nitrogens is 3. The fourth-order valence-electron chi connectivity index (χ4n) is 5.61. The maximum Gasteiger partial charge on any atom is 0.356 e. The van der Waals surface area contributed by atoms with Crippen LogP contribution in [0.5, 0.6) is 0 Å². The van der Waals surface area contributed by atoms with Gasteiger partial charge in [-0.25, -0.2) is 9.36 Å². The van der Waals surface area contributed by atoms with Gasteiger partial charge in [-0.2, -0.15) is 9.36 Å². The van der Waals surface area contributed by atoms with E-state index in [4.69, 9.17) is 15.3 Å². The molecular weight excluding hydrogens is 695 g/mol. The molecule has 4 N–H and O–H groups in total. The molecule has 0 saturated carbocycles. The van der Waals surface area contributed by atoms with Gasteiger partial charge in [0.1, 0.15) is 24.2 Å². The van der Waals surface area contributed by atoms with Crippen LogP contribution in [0, 0.1) is 0 Å². The van der Waals surface area contributed by atoms with Gasteiger partial charge in [0, 0.05) is 28.9 Å². The van der Waals surface area contributed by atoms with Gasteiger partial charge in [0.15, 0.2) is 30.2 Å². The van der Waals surface area contributed by atoms with Gasteiger partial charge in [-0.1, -0.05) is 71.9 Å². The number of nitrogens with zero attached hydrogens (tertiary/aromatic N) is 5. The summed E-state index contributed by atoms with van der Waals surface area (Å²) in [6.45, 7) is 0.368. The lowest BCUT2D eigenvalue weighted by Gasteiger charge is -2.49. The van der Waals surface area contributed by atoms with E-state index >= 15 is 0 Å².